The maximum atomic E-state index is 12.7. The number of para-hydroxylation sites is 2. The molecule has 2 aliphatic rings. The van der Waals surface area contributed by atoms with E-state index >= 15 is 0 Å². The van der Waals surface area contributed by atoms with Crippen LogP contribution in [0.5, 0.6) is 5.75 Å². The van der Waals surface area contributed by atoms with Crippen molar-refractivity contribution in [3.63, 3.8) is 0 Å². The molecule has 0 unspecified atom stereocenters. The van der Waals surface area contributed by atoms with Gasteiger partial charge in [0.15, 0.2) is 0 Å². The summed E-state index contributed by atoms with van der Waals surface area (Å²) in [5.41, 5.74) is 1.88. The van der Waals surface area contributed by atoms with Crippen LogP contribution in [0.1, 0.15) is 48.9 Å². The van der Waals surface area contributed by atoms with Crippen LogP contribution in [0, 0.1) is 5.92 Å². The van der Waals surface area contributed by atoms with Gasteiger partial charge < -0.3 is 25.6 Å². The van der Waals surface area contributed by atoms with Crippen molar-refractivity contribution in [3.8, 4) is 5.75 Å². The SMILES string of the molecule is COc1ccccc1NC(=O)C1CCN(C(=O)Nc2ccc(C(=O)NC3CCCC3)cc2)CC1. The Kier molecular flexibility index (Phi) is 7.67. The lowest BCUT2D eigenvalue weighted by Gasteiger charge is -2.31. The largest absolute Gasteiger partial charge is 0.495 e. The molecule has 8 heteroatoms. The van der Waals surface area contributed by atoms with E-state index in [1.807, 2.05) is 18.2 Å². The average molecular weight is 465 g/mol. The van der Waals surface area contributed by atoms with E-state index in [1.165, 1.54) is 12.8 Å². The summed E-state index contributed by atoms with van der Waals surface area (Å²) in [6, 6.07) is 14.3. The molecule has 0 atom stereocenters. The summed E-state index contributed by atoms with van der Waals surface area (Å²) in [4.78, 5) is 39.5. The van der Waals surface area contributed by atoms with Crippen LogP contribution < -0.4 is 20.7 Å². The molecule has 4 rings (SSSR count). The number of piperidine rings is 1. The van der Waals surface area contributed by atoms with Crippen LogP contribution in [0.25, 0.3) is 0 Å². The van der Waals surface area contributed by atoms with Gasteiger partial charge in [-0.05, 0) is 62.1 Å². The van der Waals surface area contributed by atoms with Crippen LogP contribution in [0.4, 0.5) is 16.2 Å². The number of rotatable bonds is 6. The van der Waals surface area contributed by atoms with Crippen LogP contribution in [0.3, 0.4) is 0 Å². The van der Waals surface area contributed by atoms with Crippen LogP contribution in [-0.4, -0.2) is 49.0 Å². The standard InChI is InChI=1S/C26H32N4O4/c1-34-23-9-5-4-8-22(23)29-25(32)19-14-16-30(17-15-19)26(33)28-21-12-10-18(11-13-21)24(31)27-20-6-2-3-7-20/h4-5,8-13,19-20H,2-3,6-7,14-17H2,1H3,(H,27,31)(H,28,33)(H,29,32). The topological polar surface area (TPSA) is 99.8 Å². The summed E-state index contributed by atoms with van der Waals surface area (Å²) < 4.78 is 5.29. The number of benzene rings is 2. The van der Waals surface area contributed by atoms with Crippen molar-refractivity contribution in [1.82, 2.24) is 10.2 Å². The minimum Gasteiger partial charge on any atom is -0.495 e. The van der Waals surface area contributed by atoms with Gasteiger partial charge in [0, 0.05) is 36.3 Å². The number of nitrogens with one attached hydrogen (secondary N) is 3. The van der Waals surface area contributed by atoms with Crippen molar-refractivity contribution >= 4 is 29.2 Å². The number of carbonyl (C=O) groups excluding carboxylic acids is 3. The number of urea groups is 1. The highest BCUT2D eigenvalue weighted by Crippen LogP contribution is 2.26. The lowest BCUT2D eigenvalue weighted by atomic mass is 9.96. The fraction of sp³-hybridized carbons (Fsp3) is 0.423. The van der Waals surface area contributed by atoms with E-state index in [0.717, 1.165) is 12.8 Å². The number of ether oxygens (including phenoxy) is 1. The third-order valence-electron chi connectivity index (χ3n) is 6.61. The van der Waals surface area contributed by atoms with E-state index in [0.29, 0.717) is 48.6 Å². The van der Waals surface area contributed by atoms with Crippen molar-refractivity contribution in [2.75, 3.05) is 30.8 Å². The highest BCUT2D eigenvalue weighted by molar-refractivity contribution is 5.96. The first-order chi connectivity index (χ1) is 16.5. The van der Waals surface area contributed by atoms with Gasteiger partial charge in [0.1, 0.15) is 5.75 Å². The van der Waals surface area contributed by atoms with Crippen molar-refractivity contribution in [2.24, 2.45) is 5.92 Å². The summed E-state index contributed by atoms with van der Waals surface area (Å²) in [6.07, 6.45) is 5.60. The molecule has 1 saturated carbocycles. The van der Waals surface area contributed by atoms with Crippen molar-refractivity contribution in [3.05, 3.63) is 54.1 Å². The molecule has 4 amide bonds. The Morgan fingerprint density at radius 3 is 2.24 bits per heavy atom. The monoisotopic (exact) mass is 464 g/mol. The van der Waals surface area contributed by atoms with Gasteiger partial charge >= 0.3 is 6.03 Å². The third-order valence-corrected chi connectivity index (χ3v) is 6.61. The molecular weight excluding hydrogens is 432 g/mol. The Morgan fingerprint density at radius 2 is 1.56 bits per heavy atom. The second-order valence-corrected chi connectivity index (χ2v) is 8.91. The molecule has 34 heavy (non-hydrogen) atoms. The van der Waals surface area contributed by atoms with Gasteiger partial charge in [-0.1, -0.05) is 25.0 Å². The Bertz CT molecular complexity index is 1010. The minimum absolute atomic E-state index is 0.0592. The van der Waals surface area contributed by atoms with E-state index in [-0.39, 0.29) is 29.8 Å². The van der Waals surface area contributed by atoms with Crippen molar-refractivity contribution in [1.29, 1.82) is 0 Å². The second-order valence-electron chi connectivity index (χ2n) is 8.91. The molecule has 0 bridgehead atoms. The van der Waals surface area contributed by atoms with Crippen molar-refractivity contribution < 1.29 is 19.1 Å². The number of amides is 4. The Morgan fingerprint density at radius 1 is 0.882 bits per heavy atom. The number of nitrogens with zero attached hydrogens (tertiary/aromatic N) is 1. The van der Waals surface area contributed by atoms with E-state index in [9.17, 15) is 14.4 Å². The number of methoxy groups -OCH3 is 1. The molecule has 2 aromatic rings. The Hall–Kier alpha value is -3.55. The molecule has 3 N–H and O–H groups in total. The zero-order valence-electron chi connectivity index (χ0n) is 19.5. The van der Waals surface area contributed by atoms with Crippen LogP contribution in [0.2, 0.25) is 0 Å². The molecule has 180 valence electrons. The second kappa shape index (κ2) is 11.0. The predicted octanol–water partition coefficient (Wildman–Crippen LogP) is 4.25. The molecule has 0 aromatic heterocycles. The zero-order chi connectivity index (χ0) is 23.9. The quantitative estimate of drug-likeness (QED) is 0.595. The third kappa shape index (κ3) is 5.87. The molecule has 8 nitrogen and oxygen atoms in total. The first-order valence-corrected chi connectivity index (χ1v) is 11.9. The van der Waals surface area contributed by atoms with Crippen molar-refractivity contribution in [2.45, 2.75) is 44.6 Å². The molecule has 2 aromatic carbocycles. The highest BCUT2D eigenvalue weighted by atomic mass is 16.5. The maximum absolute atomic E-state index is 12.7. The van der Waals surface area contributed by atoms with E-state index in [2.05, 4.69) is 16.0 Å². The summed E-state index contributed by atoms with van der Waals surface area (Å²) in [7, 11) is 1.57. The Balaban J connectivity index is 1.24. The predicted molar refractivity (Wildman–Crippen MR) is 131 cm³/mol. The number of likely N-dealkylation sites (tertiary alicyclic amines) is 1. The van der Waals surface area contributed by atoms with Gasteiger partial charge in [0.2, 0.25) is 5.91 Å². The molecular formula is C26H32N4O4. The summed E-state index contributed by atoms with van der Waals surface area (Å²) >= 11 is 0. The number of hydrogen-bond acceptors (Lipinski definition) is 4. The van der Waals surface area contributed by atoms with Gasteiger partial charge in [0.05, 0.1) is 12.8 Å². The van der Waals surface area contributed by atoms with E-state index < -0.39 is 0 Å². The molecule has 0 spiro atoms. The molecule has 0 radical (unpaired) electrons. The zero-order valence-corrected chi connectivity index (χ0v) is 19.5. The minimum atomic E-state index is -0.202. The molecule has 1 heterocycles. The van der Waals surface area contributed by atoms with E-state index in [1.54, 1.807) is 42.3 Å². The van der Waals surface area contributed by atoms with Gasteiger partial charge in [-0.25, -0.2) is 4.79 Å². The summed E-state index contributed by atoms with van der Waals surface area (Å²) in [5.74, 6) is 0.329. The van der Waals surface area contributed by atoms with Gasteiger partial charge in [-0.15, -0.1) is 0 Å². The highest BCUT2D eigenvalue weighted by Gasteiger charge is 2.28. The fourth-order valence-electron chi connectivity index (χ4n) is 4.57. The number of carbonyl (C=O) groups is 3. The van der Waals surface area contributed by atoms with Crippen LogP contribution in [0.15, 0.2) is 48.5 Å². The fourth-order valence-corrected chi connectivity index (χ4v) is 4.57. The maximum Gasteiger partial charge on any atom is 0.321 e. The Labute approximate surface area is 200 Å². The van der Waals surface area contributed by atoms with Crippen LogP contribution >= 0.6 is 0 Å². The van der Waals surface area contributed by atoms with Gasteiger partial charge in [0.25, 0.3) is 5.91 Å². The van der Waals surface area contributed by atoms with Gasteiger partial charge in [-0.2, -0.15) is 0 Å². The molecule has 1 aliphatic heterocycles. The number of hydrogen-bond donors (Lipinski definition) is 3. The molecule has 2 fully saturated rings. The van der Waals surface area contributed by atoms with Crippen LogP contribution in [-0.2, 0) is 4.79 Å². The first-order valence-electron chi connectivity index (χ1n) is 11.9. The lowest BCUT2D eigenvalue weighted by molar-refractivity contribution is -0.121. The smallest absolute Gasteiger partial charge is 0.321 e. The first kappa shape index (κ1) is 23.6. The average Bonchev–Trinajstić information content (AvgIpc) is 3.38. The summed E-state index contributed by atoms with van der Waals surface area (Å²) in [5, 5.41) is 8.89. The molecule has 1 saturated heterocycles. The summed E-state index contributed by atoms with van der Waals surface area (Å²) in [6.45, 7) is 0.995. The normalized spacial score (nSPS) is 16.7. The molecule has 1 aliphatic carbocycles. The van der Waals surface area contributed by atoms with Gasteiger partial charge in [-0.3, -0.25) is 9.59 Å². The lowest BCUT2D eigenvalue weighted by Crippen LogP contribution is -2.43. The van der Waals surface area contributed by atoms with E-state index in [4.69, 9.17) is 4.74 Å². The number of anilines is 2.